The van der Waals surface area contributed by atoms with Gasteiger partial charge in [0, 0.05) is 20.3 Å². The molecule has 0 aromatic carbocycles. The summed E-state index contributed by atoms with van der Waals surface area (Å²) >= 11 is 0. The summed E-state index contributed by atoms with van der Waals surface area (Å²) in [7, 11) is 0. The number of amides is 1. The van der Waals surface area contributed by atoms with Crippen molar-refractivity contribution in [2.45, 2.75) is 56.5 Å². The number of aliphatic hydroxyl groups is 4. The molecule has 0 bridgehead atoms. The zero-order chi connectivity index (χ0) is 18.7. The lowest BCUT2D eigenvalue weighted by Crippen LogP contribution is -2.67. The number of nitrogens with one attached hydrogen (secondary N) is 1. The van der Waals surface area contributed by atoms with Gasteiger partial charge in [-0.25, -0.2) is 4.79 Å². The van der Waals surface area contributed by atoms with Gasteiger partial charge in [-0.15, -0.1) is 0 Å². The Morgan fingerprint density at radius 1 is 1.33 bits per heavy atom. The number of aliphatic hydroxyl groups excluding tert-OH is 3. The van der Waals surface area contributed by atoms with Crippen LogP contribution in [0.2, 0.25) is 0 Å². The van der Waals surface area contributed by atoms with Gasteiger partial charge < -0.3 is 40.3 Å². The molecule has 138 valence electrons. The van der Waals surface area contributed by atoms with Crippen molar-refractivity contribution in [3.63, 3.8) is 0 Å². The molecule has 11 heteroatoms. The second kappa shape index (κ2) is 7.85. The van der Waals surface area contributed by atoms with E-state index >= 15 is 0 Å². The van der Waals surface area contributed by atoms with Gasteiger partial charge in [0.25, 0.3) is 5.79 Å². The van der Waals surface area contributed by atoms with Crippen LogP contribution < -0.4 is 5.32 Å². The lowest BCUT2D eigenvalue weighted by atomic mass is 9.88. The number of carbonyl (C=O) groups is 3. The fourth-order valence-electron chi connectivity index (χ4n) is 2.33. The fraction of sp³-hybridized carbons (Fsp3) is 0.769. The highest BCUT2D eigenvalue weighted by Gasteiger charge is 2.53. The van der Waals surface area contributed by atoms with E-state index in [2.05, 4.69) is 10.1 Å². The number of carboxylic acid groups (broad SMARTS) is 1. The van der Waals surface area contributed by atoms with Crippen LogP contribution in [0.15, 0.2) is 0 Å². The molecule has 1 aliphatic heterocycles. The maximum atomic E-state index is 11.2. The van der Waals surface area contributed by atoms with Gasteiger partial charge in [0.05, 0.1) is 12.1 Å². The molecule has 1 rings (SSSR count). The first-order valence-corrected chi connectivity index (χ1v) is 7.06. The van der Waals surface area contributed by atoms with Gasteiger partial charge in [-0.2, -0.15) is 0 Å². The van der Waals surface area contributed by atoms with Gasteiger partial charge in [0.2, 0.25) is 5.91 Å². The maximum absolute atomic E-state index is 11.2. The molecule has 11 nitrogen and oxygen atoms in total. The van der Waals surface area contributed by atoms with Gasteiger partial charge >= 0.3 is 11.9 Å². The van der Waals surface area contributed by atoms with Gasteiger partial charge in [-0.05, 0) is 0 Å². The van der Waals surface area contributed by atoms with E-state index in [0.29, 0.717) is 0 Å². The third-order valence-electron chi connectivity index (χ3n) is 3.48. The highest BCUT2D eigenvalue weighted by atomic mass is 16.7. The van der Waals surface area contributed by atoms with Crippen molar-refractivity contribution in [2.75, 3.05) is 6.61 Å². The van der Waals surface area contributed by atoms with Crippen LogP contribution in [-0.2, 0) is 23.9 Å². The van der Waals surface area contributed by atoms with E-state index in [1.807, 2.05) is 0 Å². The average molecular weight is 351 g/mol. The summed E-state index contributed by atoms with van der Waals surface area (Å²) in [5.41, 5.74) is 0. The summed E-state index contributed by atoms with van der Waals surface area (Å²) in [6, 6.07) is -1.30. The van der Waals surface area contributed by atoms with Crippen LogP contribution >= 0.6 is 0 Å². The zero-order valence-electron chi connectivity index (χ0n) is 13.1. The summed E-state index contributed by atoms with van der Waals surface area (Å²) in [6.07, 6.45) is -7.61. The van der Waals surface area contributed by atoms with Crippen LogP contribution in [0.4, 0.5) is 0 Å². The molecule has 0 aliphatic carbocycles. The standard InChI is InChI=1S/C13H21NO10/c1-5(15)14-9-7(17)3-13(22,12(20)21)24-11(9)10(19)8(18)4-23-6(2)16/h7-11,17-19,22H,3-4H2,1-2H3,(H,14,15)(H,20,21)/t7-,8+,9+,10+,11+,13+/m0/s1. The number of carboxylic acids is 1. The Bertz CT molecular complexity index is 497. The van der Waals surface area contributed by atoms with Crippen molar-refractivity contribution in [1.82, 2.24) is 5.32 Å². The van der Waals surface area contributed by atoms with E-state index in [1.165, 1.54) is 0 Å². The Morgan fingerprint density at radius 2 is 1.92 bits per heavy atom. The number of hydrogen-bond donors (Lipinski definition) is 6. The van der Waals surface area contributed by atoms with Crippen LogP contribution in [-0.4, -0.2) is 86.2 Å². The topological polar surface area (TPSA) is 183 Å². The second-order valence-electron chi connectivity index (χ2n) is 5.53. The first-order chi connectivity index (χ1) is 11.0. The van der Waals surface area contributed by atoms with Crippen molar-refractivity contribution in [3.05, 3.63) is 0 Å². The molecular weight excluding hydrogens is 330 g/mol. The molecule has 24 heavy (non-hydrogen) atoms. The number of rotatable bonds is 6. The van der Waals surface area contributed by atoms with Crippen LogP contribution in [0.5, 0.6) is 0 Å². The van der Waals surface area contributed by atoms with E-state index in [-0.39, 0.29) is 0 Å². The molecule has 1 aliphatic rings. The van der Waals surface area contributed by atoms with E-state index in [0.717, 1.165) is 13.8 Å². The van der Waals surface area contributed by atoms with Crippen LogP contribution in [0.3, 0.4) is 0 Å². The normalized spacial score (nSPS) is 32.5. The summed E-state index contributed by atoms with van der Waals surface area (Å²) < 4.78 is 9.46. The lowest BCUT2D eigenvalue weighted by Gasteiger charge is -2.44. The molecule has 0 aromatic rings. The van der Waals surface area contributed by atoms with Gasteiger partial charge in [-0.3, -0.25) is 9.59 Å². The maximum Gasteiger partial charge on any atom is 0.364 e. The van der Waals surface area contributed by atoms with Crippen LogP contribution in [0.25, 0.3) is 0 Å². The van der Waals surface area contributed by atoms with E-state index in [9.17, 15) is 34.8 Å². The smallest absolute Gasteiger partial charge is 0.364 e. The second-order valence-corrected chi connectivity index (χ2v) is 5.53. The van der Waals surface area contributed by atoms with Crippen molar-refractivity contribution in [2.24, 2.45) is 0 Å². The third kappa shape index (κ3) is 4.85. The molecule has 0 spiro atoms. The average Bonchev–Trinajstić information content (AvgIpc) is 2.46. The Morgan fingerprint density at radius 3 is 2.38 bits per heavy atom. The first kappa shape index (κ1) is 20.3. The number of ether oxygens (including phenoxy) is 2. The van der Waals surface area contributed by atoms with Crippen LogP contribution in [0.1, 0.15) is 20.3 Å². The van der Waals surface area contributed by atoms with Crippen molar-refractivity contribution in [1.29, 1.82) is 0 Å². The molecule has 0 radical (unpaired) electrons. The Balaban J connectivity index is 3.01. The number of aliphatic carboxylic acids is 1. The Labute approximate surface area is 136 Å². The summed E-state index contributed by atoms with van der Waals surface area (Å²) in [4.78, 5) is 33.1. The fourth-order valence-corrected chi connectivity index (χ4v) is 2.33. The van der Waals surface area contributed by atoms with E-state index in [1.54, 1.807) is 0 Å². The predicted molar refractivity (Wildman–Crippen MR) is 74.3 cm³/mol. The first-order valence-electron chi connectivity index (χ1n) is 7.06. The number of hydrogen-bond acceptors (Lipinski definition) is 9. The number of carbonyl (C=O) groups excluding carboxylic acids is 2. The highest BCUT2D eigenvalue weighted by Crippen LogP contribution is 2.30. The Hall–Kier alpha value is -1.79. The molecular formula is C13H21NO10. The molecule has 1 heterocycles. The molecule has 1 fully saturated rings. The summed E-state index contributed by atoms with van der Waals surface area (Å²) in [5.74, 6) is -5.97. The minimum absolute atomic E-state index is 0.616. The van der Waals surface area contributed by atoms with Gasteiger partial charge in [0.1, 0.15) is 24.9 Å². The lowest BCUT2D eigenvalue weighted by molar-refractivity contribution is -0.295. The molecule has 0 unspecified atom stereocenters. The third-order valence-corrected chi connectivity index (χ3v) is 3.48. The molecule has 6 atom stereocenters. The quantitative estimate of drug-likeness (QED) is 0.265. The zero-order valence-corrected chi connectivity index (χ0v) is 13.1. The van der Waals surface area contributed by atoms with Crippen molar-refractivity contribution in [3.8, 4) is 0 Å². The molecule has 1 saturated heterocycles. The predicted octanol–water partition coefficient (Wildman–Crippen LogP) is -3.30. The van der Waals surface area contributed by atoms with E-state index < -0.39 is 67.1 Å². The van der Waals surface area contributed by atoms with E-state index in [4.69, 9.17) is 9.84 Å². The minimum atomic E-state index is -2.82. The van der Waals surface area contributed by atoms with Gasteiger partial charge in [0.15, 0.2) is 0 Å². The number of esters is 1. The summed E-state index contributed by atoms with van der Waals surface area (Å²) in [5, 5.41) is 51.2. The summed E-state index contributed by atoms with van der Waals surface area (Å²) in [6.45, 7) is 1.55. The monoisotopic (exact) mass is 351 g/mol. The Kier molecular flexibility index (Phi) is 6.63. The molecule has 6 N–H and O–H groups in total. The molecule has 0 saturated carbocycles. The highest BCUT2D eigenvalue weighted by molar-refractivity contribution is 5.76. The van der Waals surface area contributed by atoms with Crippen molar-refractivity contribution < 1.29 is 49.4 Å². The van der Waals surface area contributed by atoms with Gasteiger partial charge in [-0.1, -0.05) is 0 Å². The van der Waals surface area contributed by atoms with Crippen molar-refractivity contribution >= 4 is 17.8 Å². The minimum Gasteiger partial charge on any atom is -0.477 e. The SMILES string of the molecule is CC(=O)N[C@H]1[C@H]([C@H](O)[C@H](O)COC(C)=O)O[C@@](O)(C(=O)O)C[C@@H]1O. The molecule has 0 aromatic heterocycles. The van der Waals surface area contributed by atoms with Crippen LogP contribution in [0, 0.1) is 0 Å². The molecule has 1 amide bonds. The largest absolute Gasteiger partial charge is 0.477 e.